The minimum Gasteiger partial charge on any atom is -0.506 e. The fourth-order valence-electron chi connectivity index (χ4n) is 1.99. The molecule has 0 unspecified atom stereocenters. The minimum atomic E-state index is 0.113. The molecule has 5 heteroatoms. The van der Waals surface area contributed by atoms with Gasteiger partial charge < -0.3 is 9.67 Å². The van der Waals surface area contributed by atoms with E-state index in [2.05, 4.69) is 9.97 Å². The molecule has 0 bridgehead atoms. The zero-order chi connectivity index (χ0) is 12.7. The average Bonchev–Trinajstić information content (AvgIpc) is 2.67. The van der Waals surface area contributed by atoms with E-state index in [9.17, 15) is 5.11 Å². The lowest BCUT2D eigenvalue weighted by atomic mass is 10.2. The van der Waals surface area contributed by atoms with Crippen molar-refractivity contribution in [3.63, 3.8) is 0 Å². The number of fused-ring (bicyclic) bond motifs is 1. The molecule has 0 fully saturated rings. The van der Waals surface area contributed by atoms with Gasteiger partial charge in [-0.1, -0.05) is 11.6 Å². The van der Waals surface area contributed by atoms with E-state index in [1.165, 1.54) is 6.20 Å². The normalized spacial score (nSPS) is 11.0. The van der Waals surface area contributed by atoms with Crippen molar-refractivity contribution in [1.29, 1.82) is 0 Å². The van der Waals surface area contributed by atoms with Crippen LogP contribution in [-0.2, 0) is 7.05 Å². The Hall–Kier alpha value is -2.07. The summed E-state index contributed by atoms with van der Waals surface area (Å²) in [7, 11) is 1.90. The van der Waals surface area contributed by atoms with Gasteiger partial charge in [-0.05, 0) is 24.3 Å². The van der Waals surface area contributed by atoms with Crippen molar-refractivity contribution >= 4 is 22.6 Å². The molecule has 0 aliphatic rings. The Morgan fingerprint density at radius 1 is 1.28 bits per heavy atom. The number of halogens is 1. The Balaban J connectivity index is 2.31. The topological polar surface area (TPSA) is 50.9 Å². The second kappa shape index (κ2) is 3.99. The van der Waals surface area contributed by atoms with Gasteiger partial charge in [-0.15, -0.1) is 0 Å². The van der Waals surface area contributed by atoms with Crippen molar-refractivity contribution in [2.24, 2.45) is 7.05 Å². The zero-order valence-electron chi connectivity index (χ0n) is 9.63. The monoisotopic (exact) mass is 259 g/mol. The van der Waals surface area contributed by atoms with Gasteiger partial charge in [0, 0.05) is 18.3 Å². The largest absolute Gasteiger partial charge is 0.506 e. The molecule has 0 aliphatic heterocycles. The Kier molecular flexibility index (Phi) is 2.45. The van der Waals surface area contributed by atoms with Gasteiger partial charge in [0.05, 0.1) is 22.8 Å². The number of hydrogen-bond acceptors (Lipinski definition) is 3. The summed E-state index contributed by atoms with van der Waals surface area (Å²) in [6.45, 7) is 0. The standard InChI is InChI=1S/C13H10ClN3O/c1-17-11-3-2-8(14)6-10(11)16-13(17)9-4-5-15-7-12(9)18/h2-7,18H,1H3. The number of pyridine rings is 1. The van der Waals surface area contributed by atoms with Crippen molar-refractivity contribution in [3.8, 4) is 17.1 Å². The predicted octanol–water partition coefficient (Wildman–Crippen LogP) is 2.99. The van der Waals surface area contributed by atoms with E-state index in [0.29, 0.717) is 16.4 Å². The Morgan fingerprint density at radius 3 is 2.89 bits per heavy atom. The second-order valence-electron chi connectivity index (χ2n) is 4.02. The molecule has 3 aromatic rings. The second-order valence-corrected chi connectivity index (χ2v) is 4.46. The van der Waals surface area contributed by atoms with Crippen molar-refractivity contribution in [2.45, 2.75) is 0 Å². The van der Waals surface area contributed by atoms with Crippen LogP contribution in [0.4, 0.5) is 0 Å². The highest BCUT2D eigenvalue weighted by Crippen LogP contribution is 2.30. The average molecular weight is 260 g/mol. The SMILES string of the molecule is Cn1c(-c2ccncc2O)nc2cc(Cl)ccc21. The summed E-state index contributed by atoms with van der Waals surface area (Å²) in [5.74, 6) is 0.800. The first kappa shape index (κ1) is 11.0. The highest BCUT2D eigenvalue weighted by Gasteiger charge is 2.13. The fourth-order valence-corrected chi connectivity index (χ4v) is 2.16. The molecular formula is C13H10ClN3O. The van der Waals surface area contributed by atoms with Crippen LogP contribution in [0.3, 0.4) is 0 Å². The number of aryl methyl sites for hydroxylation is 1. The first-order chi connectivity index (χ1) is 8.66. The number of rotatable bonds is 1. The van der Waals surface area contributed by atoms with E-state index in [0.717, 1.165) is 11.0 Å². The van der Waals surface area contributed by atoms with Gasteiger partial charge >= 0.3 is 0 Å². The van der Waals surface area contributed by atoms with Crippen LogP contribution in [0.5, 0.6) is 5.75 Å². The number of hydrogen-bond donors (Lipinski definition) is 1. The van der Waals surface area contributed by atoms with Crippen LogP contribution in [0.1, 0.15) is 0 Å². The first-order valence-electron chi connectivity index (χ1n) is 5.42. The summed E-state index contributed by atoms with van der Waals surface area (Å²) in [4.78, 5) is 8.35. The molecule has 0 aliphatic carbocycles. The molecule has 0 saturated heterocycles. The van der Waals surface area contributed by atoms with Gasteiger partial charge in [-0.3, -0.25) is 4.98 Å². The van der Waals surface area contributed by atoms with Crippen LogP contribution < -0.4 is 0 Å². The molecule has 0 spiro atoms. The predicted molar refractivity (Wildman–Crippen MR) is 70.6 cm³/mol. The highest BCUT2D eigenvalue weighted by molar-refractivity contribution is 6.31. The maximum absolute atomic E-state index is 9.83. The van der Waals surface area contributed by atoms with Crippen molar-refractivity contribution < 1.29 is 5.11 Å². The lowest BCUT2D eigenvalue weighted by molar-refractivity contribution is 0.474. The van der Waals surface area contributed by atoms with Crippen LogP contribution in [0.2, 0.25) is 5.02 Å². The fraction of sp³-hybridized carbons (Fsp3) is 0.0769. The smallest absolute Gasteiger partial charge is 0.144 e. The third kappa shape index (κ3) is 1.62. The van der Waals surface area contributed by atoms with Gasteiger partial charge in [0.2, 0.25) is 0 Å². The molecular weight excluding hydrogens is 250 g/mol. The van der Waals surface area contributed by atoms with Gasteiger partial charge in [0.1, 0.15) is 11.6 Å². The van der Waals surface area contributed by atoms with Crippen LogP contribution in [-0.4, -0.2) is 19.6 Å². The molecule has 90 valence electrons. The molecule has 0 amide bonds. The summed E-state index contributed by atoms with van der Waals surface area (Å²) in [6, 6.07) is 7.27. The van der Waals surface area contributed by atoms with E-state index >= 15 is 0 Å². The molecule has 3 rings (SSSR count). The third-order valence-electron chi connectivity index (χ3n) is 2.88. The Labute approximate surface area is 108 Å². The maximum atomic E-state index is 9.83. The summed E-state index contributed by atoms with van der Waals surface area (Å²) in [5.41, 5.74) is 2.42. The maximum Gasteiger partial charge on any atom is 0.144 e. The summed E-state index contributed by atoms with van der Waals surface area (Å²) >= 11 is 5.95. The molecule has 18 heavy (non-hydrogen) atoms. The molecule has 4 nitrogen and oxygen atoms in total. The third-order valence-corrected chi connectivity index (χ3v) is 3.12. The van der Waals surface area contributed by atoms with E-state index in [-0.39, 0.29) is 5.75 Å². The number of imidazole rings is 1. The van der Waals surface area contributed by atoms with Gasteiger partial charge in [0.25, 0.3) is 0 Å². The molecule has 1 N–H and O–H groups in total. The molecule has 2 heterocycles. The van der Waals surface area contributed by atoms with Gasteiger partial charge in [-0.25, -0.2) is 4.98 Å². The summed E-state index contributed by atoms with van der Waals surface area (Å²) < 4.78 is 1.92. The molecule has 2 aromatic heterocycles. The number of benzene rings is 1. The van der Waals surface area contributed by atoms with E-state index in [4.69, 9.17) is 11.6 Å². The number of aromatic hydroxyl groups is 1. The lowest BCUT2D eigenvalue weighted by Crippen LogP contribution is -1.92. The van der Waals surface area contributed by atoms with Gasteiger partial charge in [-0.2, -0.15) is 0 Å². The molecule has 1 aromatic carbocycles. The number of aromatic nitrogens is 3. The van der Waals surface area contributed by atoms with Crippen LogP contribution in [0, 0.1) is 0 Å². The molecule has 0 atom stereocenters. The minimum absolute atomic E-state index is 0.113. The van der Waals surface area contributed by atoms with Crippen molar-refractivity contribution in [2.75, 3.05) is 0 Å². The van der Waals surface area contributed by atoms with E-state index in [1.807, 2.05) is 23.7 Å². The van der Waals surface area contributed by atoms with Crippen LogP contribution in [0.15, 0.2) is 36.7 Å². The van der Waals surface area contributed by atoms with E-state index in [1.54, 1.807) is 18.3 Å². The quantitative estimate of drug-likeness (QED) is 0.731. The van der Waals surface area contributed by atoms with Gasteiger partial charge in [0.15, 0.2) is 0 Å². The van der Waals surface area contributed by atoms with Crippen molar-refractivity contribution in [1.82, 2.24) is 14.5 Å². The zero-order valence-corrected chi connectivity index (χ0v) is 10.4. The molecule has 0 saturated carbocycles. The highest BCUT2D eigenvalue weighted by atomic mass is 35.5. The van der Waals surface area contributed by atoms with Crippen molar-refractivity contribution in [3.05, 3.63) is 41.7 Å². The first-order valence-corrected chi connectivity index (χ1v) is 5.80. The number of nitrogens with zero attached hydrogens (tertiary/aromatic N) is 3. The summed E-state index contributed by atoms with van der Waals surface area (Å²) in [6.07, 6.45) is 3.03. The Bertz CT molecular complexity index is 736. The van der Waals surface area contributed by atoms with E-state index < -0.39 is 0 Å². The molecule has 0 radical (unpaired) electrons. The van der Waals surface area contributed by atoms with Crippen LogP contribution in [0.25, 0.3) is 22.4 Å². The lowest BCUT2D eigenvalue weighted by Gasteiger charge is -2.03. The Morgan fingerprint density at radius 2 is 2.11 bits per heavy atom. The summed E-state index contributed by atoms with van der Waals surface area (Å²) in [5, 5.41) is 10.5. The van der Waals surface area contributed by atoms with Crippen LogP contribution >= 0.6 is 11.6 Å².